The summed E-state index contributed by atoms with van der Waals surface area (Å²) in [6, 6.07) is 0. The van der Waals surface area contributed by atoms with Crippen molar-refractivity contribution in [1.29, 1.82) is 0 Å². The van der Waals surface area contributed by atoms with Gasteiger partial charge < -0.3 is 15.3 Å². The number of rotatable bonds is 13. The van der Waals surface area contributed by atoms with Crippen molar-refractivity contribution in [3.8, 4) is 0 Å². The second kappa shape index (κ2) is 12.5. The third kappa shape index (κ3) is 8.39. The third-order valence-corrected chi connectivity index (χ3v) is 5.21. The van der Waals surface area contributed by atoms with Gasteiger partial charge in [0.25, 0.3) is 0 Å². The first-order valence-corrected chi connectivity index (χ1v) is 10.2. The summed E-state index contributed by atoms with van der Waals surface area (Å²) >= 11 is 0. The maximum absolute atomic E-state index is 12.2. The van der Waals surface area contributed by atoms with Crippen LogP contribution in [-0.2, 0) is 9.59 Å². The van der Waals surface area contributed by atoms with Gasteiger partial charge in [0.1, 0.15) is 5.78 Å². The van der Waals surface area contributed by atoms with E-state index in [0.717, 1.165) is 12.8 Å². The standard InChI is InChI=1S/C23H34O5/c1-3-5-15-23(28,14-4-2)16-10-12-19-18(20(24)17-21(19)25)11-8-6-7-9-13-22(26)27/h6,8,10,12,14,18-19,21,25,28H,2-3,5,7,9,11,13,15-17H2,1H3,(H,26,27)/b8-6-,12-10+/t18-,19-,21-,23?/m1/s1. The number of Topliss-reactive ketones (excluding diaryl/α,β-unsaturated/α-hetero) is 1. The number of aliphatic hydroxyl groups is 2. The minimum Gasteiger partial charge on any atom is -0.481 e. The molecule has 1 fully saturated rings. The fraction of sp³-hybridized carbons (Fsp3) is 0.609. The van der Waals surface area contributed by atoms with Crippen LogP contribution in [0.4, 0.5) is 0 Å². The Hall–Kier alpha value is -1.94. The fourth-order valence-corrected chi connectivity index (χ4v) is 3.59. The first-order valence-electron chi connectivity index (χ1n) is 10.2. The summed E-state index contributed by atoms with van der Waals surface area (Å²) in [7, 11) is 0. The molecule has 156 valence electrons. The Morgan fingerprint density at radius 3 is 2.71 bits per heavy atom. The molecule has 0 aromatic rings. The Balaban J connectivity index is 2.65. The van der Waals surface area contributed by atoms with Gasteiger partial charge in [-0.2, -0.15) is 0 Å². The predicted octanol–water partition coefficient (Wildman–Crippen LogP) is 3.96. The molecule has 5 heteroatoms. The van der Waals surface area contributed by atoms with E-state index in [2.05, 4.69) is 19.2 Å². The number of hydrogen-bond donors (Lipinski definition) is 3. The molecule has 0 aromatic heterocycles. The zero-order valence-electron chi connectivity index (χ0n) is 16.8. The summed E-state index contributed by atoms with van der Waals surface area (Å²) < 4.78 is 0. The van der Waals surface area contributed by atoms with E-state index in [1.807, 2.05) is 24.3 Å². The maximum atomic E-state index is 12.2. The lowest BCUT2D eigenvalue weighted by molar-refractivity contribution is -0.137. The number of unbranched alkanes of at least 4 members (excludes halogenated alkanes) is 2. The van der Waals surface area contributed by atoms with E-state index in [4.69, 9.17) is 5.11 Å². The SMILES string of the molecule is C=C=CC(O)(C/C=C/[C@H]1[C@H](O)CC(=O)[C@@H]1C/C=C\CCCC(=O)O)CCCC. The number of carbonyl (C=O) groups excluding carboxylic acids is 1. The summed E-state index contributed by atoms with van der Waals surface area (Å²) in [6.07, 6.45) is 13.3. The van der Waals surface area contributed by atoms with Gasteiger partial charge in [0.05, 0.1) is 11.7 Å². The Kier molecular flexibility index (Phi) is 10.8. The topological polar surface area (TPSA) is 94.8 Å². The first kappa shape index (κ1) is 24.1. The van der Waals surface area contributed by atoms with E-state index in [0.29, 0.717) is 32.1 Å². The highest BCUT2D eigenvalue weighted by atomic mass is 16.4. The highest BCUT2D eigenvalue weighted by Gasteiger charge is 2.39. The number of carboxylic acid groups (broad SMARTS) is 1. The highest BCUT2D eigenvalue weighted by molar-refractivity contribution is 5.84. The molecule has 1 rings (SSSR count). The van der Waals surface area contributed by atoms with Crippen LogP contribution in [0, 0.1) is 11.8 Å². The number of allylic oxidation sites excluding steroid dienone is 2. The van der Waals surface area contributed by atoms with Crippen molar-refractivity contribution < 1.29 is 24.9 Å². The smallest absolute Gasteiger partial charge is 0.303 e. The summed E-state index contributed by atoms with van der Waals surface area (Å²) in [6.45, 7) is 5.61. The van der Waals surface area contributed by atoms with Crippen LogP contribution in [0.5, 0.6) is 0 Å². The zero-order valence-corrected chi connectivity index (χ0v) is 16.8. The van der Waals surface area contributed by atoms with E-state index in [-0.39, 0.29) is 30.5 Å². The first-order chi connectivity index (χ1) is 13.3. The molecule has 0 amide bonds. The highest BCUT2D eigenvalue weighted by Crippen LogP contribution is 2.34. The maximum Gasteiger partial charge on any atom is 0.303 e. The Labute approximate surface area is 168 Å². The molecule has 5 nitrogen and oxygen atoms in total. The lowest BCUT2D eigenvalue weighted by Gasteiger charge is -2.23. The number of aliphatic carboxylic acids is 1. The predicted molar refractivity (Wildman–Crippen MR) is 110 cm³/mol. The molecule has 1 aliphatic rings. The molecule has 0 aromatic carbocycles. The van der Waals surface area contributed by atoms with Crippen molar-refractivity contribution in [3.63, 3.8) is 0 Å². The number of carbonyl (C=O) groups is 2. The normalized spacial score (nSPS) is 24.5. The van der Waals surface area contributed by atoms with Gasteiger partial charge in [-0.25, -0.2) is 0 Å². The molecule has 0 heterocycles. The van der Waals surface area contributed by atoms with Crippen LogP contribution < -0.4 is 0 Å². The van der Waals surface area contributed by atoms with Crippen LogP contribution in [0.15, 0.2) is 42.7 Å². The number of aliphatic hydroxyl groups excluding tert-OH is 1. The molecule has 0 bridgehead atoms. The van der Waals surface area contributed by atoms with Crippen LogP contribution in [0.3, 0.4) is 0 Å². The van der Waals surface area contributed by atoms with E-state index >= 15 is 0 Å². The van der Waals surface area contributed by atoms with Crippen molar-refractivity contribution in [2.24, 2.45) is 11.8 Å². The Bertz CT molecular complexity index is 614. The minimum atomic E-state index is -0.999. The van der Waals surface area contributed by atoms with Gasteiger partial charge in [-0.3, -0.25) is 9.59 Å². The second-order valence-corrected chi connectivity index (χ2v) is 7.60. The van der Waals surface area contributed by atoms with Gasteiger partial charge >= 0.3 is 5.97 Å². The number of ketones is 1. The molecule has 1 unspecified atom stereocenters. The third-order valence-electron chi connectivity index (χ3n) is 5.21. The minimum absolute atomic E-state index is 0.0459. The van der Waals surface area contributed by atoms with E-state index in [9.17, 15) is 19.8 Å². The number of carboxylic acids is 1. The zero-order chi connectivity index (χ0) is 21.0. The molecule has 0 saturated heterocycles. The van der Waals surface area contributed by atoms with Crippen LogP contribution in [0.25, 0.3) is 0 Å². The lowest BCUT2D eigenvalue weighted by atomic mass is 9.88. The van der Waals surface area contributed by atoms with E-state index in [1.54, 1.807) is 6.08 Å². The summed E-state index contributed by atoms with van der Waals surface area (Å²) in [5, 5.41) is 29.6. The molecule has 0 radical (unpaired) electrons. The van der Waals surface area contributed by atoms with Gasteiger partial charge in [-0.15, -0.1) is 5.73 Å². The molecule has 3 N–H and O–H groups in total. The van der Waals surface area contributed by atoms with Gasteiger partial charge in [0.15, 0.2) is 0 Å². The number of hydrogen-bond acceptors (Lipinski definition) is 4. The Morgan fingerprint density at radius 2 is 2.07 bits per heavy atom. The van der Waals surface area contributed by atoms with Crippen molar-refractivity contribution in [3.05, 3.63) is 42.7 Å². The largest absolute Gasteiger partial charge is 0.481 e. The van der Waals surface area contributed by atoms with E-state index < -0.39 is 17.7 Å². The second-order valence-electron chi connectivity index (χ2n) is 7.60. The fourth-order valence-electron chi connectivity index (χ4n) is 3.59. The molecular weight excluding hydrogens is 356 g/mol. The lowest BCUT2D eigenvalue weighted by Crippen LogP contribution is -2.25. The van der Waals surface area contributed by atoms with Crippen LogP contribution >= 0.6 is 0 Å². The monoisotopic (exact) mass is 390 g/mol. The Morgan fingerprint density at radius 1 is 1.32 bits per heavy atom. The summed E-state index contributed by atoms with van der Waals surface area (Å²) in [5.41, 5.74) is 1.66. The van der Waals surface area contributed by atoms with Crippen LogP contribution in [-0.4, -0.2) is 38.8 Å². The average molecular weight is 391 g/mol. The van der Waals surface area contributed by atoms with Crippen molar-refractivity contribution >= 4 is 11.8 Å². The summed E-state index contributed by atoms with van der Waals surface area (Å²) in [4.78, 5) is 22.7. The van der Waals surface area contributed by atoms with Gasteiger partial charge in [-0.1, -0.05) is 50.6 Å². The molecule has 0 aliphatic heterocycles. The van der Waals surface area contributed by atoms with E-state index in [1.165, 1.54) is 0 Å². The average Bonchev–Trinajstić information content (AvgIpc) is 2.89. The summed E-state index contributed by atoms with van der Waals surface area (Å²) in [5.74, 6) is -1.30. The van der Waals surface area contributed by atoms with Crippen molar-refractivity contribution in [2.45, 2.75) is 76.4 Å². The van der Waals surface area contributed by atoms with Crippen molar-refractivity contribution in [1.82, 2.24) is 0 Å². The molecular formula is C23H34O5. The molecule has 28 heavy (non-hydrogen) atoms. The van der Waals surface area contributed by atoms with Crippen LogP contribution in [0.1, 0.15) is 64.7 Å². The molecule has 0 spiro atoms. The molecule has 1 aliphatic carbocycles. The van der Waals surface area contributed by atoms with Gasteiger partial charge in [0, 0.05) is 24.7 Å². The van der Waals surface area contributed by atoms with Gasteiger partial charge in [0.2, 0.25) is 0 Å². The van der Waals surface area contributed by atoms with Crippen molar-refractivity contribution in [2.75, 3.05) is 0 Å². The molecule has 4 atom stereocenters. The molecule has 1 saturated carbocycles. The van der Waals surface area contributed by atoms with Crippen LogP contribution in [0.2, 0.25) is 0 Å². The quantitative estimate of drug-likeness (QED) is 0.251. The van der Waals surface area contributed by atoms with Gasteiger partial charge in [-0.05, 0) is 38.2 Å².